The summed E-state index contributed by atoms with van der Waals surface area (Å²) in [6.45, 7) is 1.07. The molecule has 3 heterocycles. The largest absolute Gasteiger partial charge is 0.307 e. The van der Waals surface area contributed by atoms with Gasteiger partial charge >= 0.3 is 0 Å². The zero-order valence-electron chi connectivity index (χ0n) is 8.15. The molecule has 0 bridgehead atoms. The van der Waals surface area contributed by atoms with Crippen LogP contribution < -0.4 is 5.32 Å². The van der Waals surface area contributed by atoms with E-state index in [4.69, 9.17) is 0 Å². The van der Waals surface area contributed by atoms with Crippen LogP contribution in [0.1, 0.15) is 24.7 Å². The Morgan fingerprint density at radius 1 is 1.47 bits per heavy atom. The van der Waals surface area contributed by atoms with Crippen molar-refractivity contribution in [2.75, 3.05) is 6.54 Å². The average molecular weight is 267 g/mol. The summed E-state index contributed by atoms with van der Waals surface area (Å²) in [4.78, 5) is 4.50. The van der Waals surface area contributed by atoms with Crippen molar-refractivity contribution >= 4 is 21.6 Å². The molecule has 0 radical (unpaired) electrons. The van der Waals surface area contributed by atoms with Crippen LogP contribution in [-0.4, -0.2) is 21.1 Å². The van der Waals surface area contributed by atoms with E-state index < -0.39 is 0 Å². The number of halogens is 1. The molecule has 78 valence electrons. The third-order valence-electron chi connectivity index (χ3n) is 2.68. The van der Waals surface area contributed by atoms with E-state index in [2.05, 4.69) is 31.3 Å². The maximum Gasteiger partial charge on any atom is 0.168 e. The Bertz CT molecular complexity index is 487. The number of hydrogen-bond donors (Lipinski definition) is 1. The molecule has 4 nitrogen and oxygen atoms in total. The Balaban J connectivity index is 2.05. The van der Waals surface area contributed by atoms with Gasteiger partial charge in [0.25, 0.3) is 0 Å². The molecule has 5 heteroatoms. The summed E-state index contributed by atoms with van der Waals surface area (Å²) in [5.41, 5.74) is 0.905. The van der Waals surface area contributed by atoms with Gasteiger partial charge in [-0.25, -0.2) is 9.50 Å². The van der Waals surface area contributed by atoms with Crippen molar-refractivity contribution in [2.24, 2.45) is 0 Å². The van der Waals surface area contributed by atoms with Gasteiger partial charge in [-0.1, -0.05) is 0 Å². The Morgan fingerprint density at radius 3 is 3.20 bits per heavy atom. The molecule has 0 aromatic carbocycles. The van der Waals surface area contributed by atoms with E-state index >= 15 is 0 Å². The highest BCUT2D eigenvalue weighted by molar-refractivity contribution is 9.10. The van der Waals surface area contributed by atoms with E-state index in [1.807, 2.05) is 22.8 Å². The van der Waals surface area contributed by atoms with Gasteiger partial charge < -0.3 is 5.32 Å². The monoisotopic (exact) mass is 266 g/mol. The lowest BCUT2D eigenvalue weighted by Gasteiger charge is -2.02. The molecular weight excluding hydrogens is 256 g/mol. The Labute approximate surface area is 95.8 Å². The fraction of sp³-hybridized carbons (Fsp3) is 0.400. The third-order valence-corrected chi connectivity index (χ3v) is 3.15. The maximum absolute atomic E-state index is 4.50. The van der Waals surface area contributed by atoms with Crippen LogP contribution in [0.2, 0.25) is 0 Å². The first-order valence-corrected chi connectivity index (χ1v) is 5.87. The second-order valence-corrected chi connectivity index (χ2v) is 4.68. The van der Waals surface area contributed by atoms with Crippen LogP contribution in [0.5, 0.6) is 0 Å². The predicted molar refractivity (Wildman–Crippen MR) is 60.7 cm³/mol. The van der Waals surface area contributed by atoms with Crippen LogP contribution in [0.15, 0.2) is 22.8 Å². The highest BCUT2D eigenvalue weighted by atomic mass is 79.9. The van der Waals surface area contributed by atoms with Gasteiger partial charge in [0, 0.05) is 10.7 Å². The van der Waals surface area contributed by atoms with Gasteiger partial charge in [0.05, 0.1) is 6.04 Å². The number of hydrogen-bond acceptors (Lipinski definition) is 3. The second-order valence-electron chi connectivity index (χ2n) is 3.77. The molecule has 0 amide bonds. The van der Waals surface area contributed by atoms with Crippen molar-refractivity contribution in [3.63, 3.8) is 0 Å². The first kappa shape index (κ1) is 9.30. The van der Waals surface area contributed by atoms with Gasteiger partial charge in [-0.15, -0.1) is 5.10 Å². The molecule has 1 atom stereocenters. The molecule has 1 saturated heterocycles. The molecule has 0 aliphatic carbocycles. The van der Waals surface area contributed by atoms with E-state index in [0.717, 1.165) is 28.9 Å². The standard InChI is InChI=1S/C10H11BrN4/c11-7-3-4-9-13-10(14-15(9)6-7)8-2-1-5-12-8/h3-4,6,8,12H,1-2,5H2. The van der Waals surface area contributed by atoms with E-state index in [0.29, 0.717) is 6.04 Å². The highest BCUT2D eigenvalue weighted by Gasteiger charge is 2.20. The van der Waals surface area contributed by atoms with Crippen molar-refractivity contribution in [1.29, 1.82) is 0 Å². The number of nitrogens with one attached hydrogen (secondary N) is 1. The minimum atomic E-state index is 0.337. The molecular formula is C10H11BrN4. The van der Waals surface area contributed by atoms with Gasteiger partial charge in [-0.05, 0) is 47.4 Å². The van der Waals surface area contributed by atoms with Gasteiger partial charge in [0.15, 0.2) is 11.5 Å². The lowest BCUT2D eigenvalue weighted by Crippen LogP contribution is -2.14. The molecule has 1 fully saturated rings. The zero-order chi connectivity index (χ0) is 10.3. The van der Waals surface area contributed by atoms with Crippen molar-refractivity contribution in [1.82, 2.24) is 19.9 Å². The maximum atomic E-state index is 4.50. The summed E-state index contributed by atoms with van der Waals surface area (Å²) in [6.07, 6.45) is 4.28. The van der Waals surface area contributed by atoms with Crippen LogP contribution in [-0.2, 0) is 0 Å². The summed E-state index contributed by atoms with van der Waals surface area (Å²) in [6, 6.07) is 4.29. The van der Waals surface area contributed by atoms with Gasteiger partial charge in [-0.2, -0.15) is 0 Å². The fourth-order valence-corrected chi connectivity index (χ4v) is 2.25. The summed E-state index contributed by atoms with van der Waals surface area (Å²) < 4.78 is 2.84. The molecule has 1 aliphatic heterocycles. The summed E-state index contributed by atoms with van der Waals surface area (Å²) in [5.74, 6) is 0.908. The van der Waals surface area contributed by atoms with Gasteiger partial charge in [0.1, 0.15) is 0 Å². The van der Waals surface area contributed by atoms with Crippen molar-refractivity contribution in [3.05, 3.63) is 28.6 Å². The molecule has 2 aromatic heterocycles. The lowest BCUT2D eigenvalue weighted by molar-refractivity contribution is 0.604. The van der Waals surface area contributed by atoms with E-state index in [1.54, 1.807) is 0 Å². The molecule has 2 aromatic rings. The third kappa shape index (κ3) is 1.66. The molecule has 1 N–H and O–H groups in total. The normalized spacial score (nSPS) is 21.3. The van der Waals surface area contributed by atoms with Gasteiger partial charge in [-0.3, -0.25) is 0 Å². The summed E-state index contributed by atoms with van der Waals surface area (Å²) in [7, 11) is 0. The average Bonchev–Trinajstić information content (AvgIpc) is 2.84. The van der Waals surface area contributed by atoms with Crippen molar-refractivity contribution < 1.29 is 0 Å². The number of fused-ring (bicyclic) bond motifs is 1. The van der Waals surface area contributed by atoms with Crippen LogP contribution in [0.4, 0.5) is 0 Å². The zero-order valence-corrected chi connectivity index (χ0v) is 9.74. The molecule has 1 aliphatic rings. The molecule has 1 unspecified atom stereocenters. The Hall–Kier alpha value is -0.940. The number of aromatic nitrogens is 3. The Kier molecular flexibility index (Phi) is 2.21. The van der Waals surface area contributed by atoms with Crippen LogP contribution >= 0.6 is 15.9 Å². The van der Waals surface area contributed by atoms with Crippen LogP contribution in [0, 0.1) is 0 Å². The first-order valence-electron chi connectivity index (χ1n) is 5.08. The minimum absolute atomic E-state index is 0.337. The topological polar surface area (TPSA) is 42.2 Å². The molecule has 15 heavy (non-hydrogen) atoms. The number of rotatable bonds is 1. The van der Waals surface area contributed by atoms with Crippen molar-refractivity contribution in [3.8, 4) is 0 Å². The quantitative estimate of drug-likeness (QED) is 0.858. The molecule has 3 rings (SSSR count). The van der Waals surface area contributed by atoms with E-state index in [1.165, 1.54) is 6.42 Å². The Morgan fingerprint density at radius 2 is 2.40 bits per heavy atom. The van der Waals surface area contributed by atoms with E-state index in [-0.39, 0.29) is 0 Å². The summed E-state index contributed by atoms with van der Waals surface area (Å²) in [5, 5.41) is 7.87. The first-order chi connectivity index (χ1) is 7.33. The predicted octanol–water partition coefficient (Wildman–Crippen LogP) is 1.92. The van der Waals surface area contributed by atoms with Crippen molar-refractivity contribution in [2.45, 2.75) is 18.9 Å². The fourth-order valence-electron chi connectivity index (χ4n) is 1.93. The highest BCUT2D eigenvalue weighted by Crippen LogP contribution is 2.21. The molecule has 0 saturated carbocycles. The SMILES string of the molecule is Brc1ccc2nc(C3CCCN3)nn2c1. The minimum Gasteiger partial charge on any atom is -0.307 e. The van der Waals surface area contributed by atoms with Gasteiger partial charge in [0.2, 0.25) is 0 Å². The number of nitrogens with zero attached hydrogens (tertiary/aromatic N) is 3. The van der Waals surface area contributed by atoms with E-state index in [9.17, 15) is 0 Å². The number of pyridine rings is 1. The summed E-state index contributed by atoms with van der Waals surface area (Å²) >= 11 is 3.42. The van der Waals surface area contributed by atoms with Crippen LogP contribution in [0.25, 0.3) is 5.65 Å². The smallest absolute Gasteiger partial charge is 0.168 e. The molecule has 0 spiro atoms. The lowest BCUT2D eigenvalue weighted by atomic mass is 10.2. The van der Waals surface area contributed by atoms with Crippen LogP contribution in [0.3, 0.4) is 0 Å². The second kappa shape index (κ2) is 3.57.